The smallest absolute Gasteiger partial charge is 0.296 e. The summed E-state index contributed by atoms with van der Waals surface area (Å²) in [5.41, 5.74) is 0.434. The molecule has 1 aromatic carbocycles. The molecule has 0 spiro atoms. The molecule has 0 amide bonds. The summed E-state index contributed by atoms with van der Waals surface area (Å²) in [6.45, 7) is 3.79. The van der Waals surface area contributed by atoms with Gasteiger partial charge < -0.3 is 4.52 Å². The van der Waals surface area contributed by atoms with Gasteiger partial charge in [0.05, 0.1) is 11.8 Å². The summed E-state index contributed by atoms with van der Waals surface area (Å²) >= 11 is 0. The molecule has 0 radical (unpaired) electrons. The van der Waals surface area contributed by atoms with E-state index in [0.717, 1.165) is 5.56 Å². The summed E-state index contributed by atoms with van der Waals surface area (Å²) in [6, 6.07) is 9.50. The van der Waals surface area contributed by atoms with E-state index in [9.17, 15) is 13.6 Å². The predicted octanol–water partition coefficient (Wildman–Crippen LogP) is 2.77. The minimum absolute atomic E-state index is 0.0886. The minimum Gasteiger partial charge on any atom is -0.339 e. The maximum Gasteiger partial charge on any atom is 0.296 e. The van der Waals surface area contributed by atoms with Gasteiger partial charge in [-0.15, -0.1) is 0 Å². The maximum absolute atomic E-state index is 12.2. The largest absolute Gasteiger partial charge is 0.339 e. The number of hydrogen-bond acceptors (Lipinski definition) is 4. The highest BCUT2D eigenvalue weighted by Crippen LogP contribution is 2.29. The van der Waals surface area contributed by atoms with Crippen LogP contribution in [0.3, 0.4) is 0 Å². The SMILES string of the molecule is CC(C)(c1ccccc1)c1noc(CC(=O)C(F)F)n1. The van der Waals surface area contributed by atoms with Crippen molar-refractivity contribution in [3.8, 4) is 0 Å². The van der Waals surface area contributed by atoms with Crippen molar-refractivity contribution in [2.75, 3.05) is 0 Å². The van der Waals surface area contributed by atoms with E-state index in [2.05, 4.69) is 10.1 Å². The van der Waals surface area contributed by atoms with E-state index in [1.54, 1.807) is 0 Å². The van der Waals surface area contributed by atoms with Gasteiger partial charge in [0.25, 0.3) is 6.43 Å². The molecule has 1 aromatic heterocycles. The van der Waals surface area contributed by atoms with Crippen molar-refractivity contribution in [1.29, 1.82) is 0 Å². The van der Waals surface area contributed by atoms with Crippen LogP contribution in [-0.4, -0.2) is 22.3 Å². The summed E-state index contributed by atoms with van der Waals surface area (Å²) in [4.78, 5) is 15.0. The van der Waals surface area contributed by atoms with Gasteiger partial charge in [-0.05, 0) is 19.4 Å². The van der Waals surface area contributed by atoms with Gasteiger partial charge in [-0.25, -0.2) is 8.78 Å². The van der Waals surface area contributed by atoms with Gasteiger partial charge >= 0.3 is 0 Å². The van der Waals surface area contributed by atoms with Gasteiger partial charge in [0, 0.05) is 0 Å². The number of carbonyl (C=O) groups excluding carboxylic acids is 1. The lowest BCUT2D eigenvalue weighted by Crippen LogP contribution is -2.21. The van der Waals surface area contributed by atoms with Crippen LogP contribution in [0.5, 0.6) is 0 Å². The maximum atomic E-state index is 12.2. The van der Waals surface area contributed by atoms with Crippen molar-refractivity contribution in [1.82, 2.24) is 10.1 Å². The van der Waals surface area contributed by atoms with Crippen molar-refractivity contribution in [3.05, 3.63) is 47.6 Å². The monoisotopic (exact) mass is 280 g/mol. The van der Waals surface area contributed by atoms with Crippen molar-refractivity contribution in [2.24, 2.45) is 0 Å². The number of benzene rings is 1. The summed E-state index contributed by atoms with van der Waals surface area (Å²) in [6.07, 6.45) is -3.57. The third-order valence-electron chi connectivity index (χ3n) is 3.09. The minimum atomic E-state index is -3.02. The van der Waals surface area contributed by atoms with E-state index >= 15 is 0 Å². The molecule has 0 saturated heterocycles. The standard InChI is InChI=1S/C14H14F2N2O2/c1-14(2,9-6-4-3-5-7-9)13-17-11(20-18-13)8-10(19)12(15)16/h3-7,12H,8H2,1-2H3. The molecule has 0 saturated carbocycles. The van der Waals surface area contributed by atoms with Crippen LogP contribution < -0.4 is 0 Å². The Labute approximate surface area is 114 Å². The Morgan fingerprint density at radius 2 is 1.95 bits per heavy atom. The van der Waals surface area contributed by atoms with Crippen LogP contribution in [-0.2, 0) is 16.6 Å². The normalized spacial score (nSPS) is 11.8. The van der Waals surface area contributed by atoms with Crippen molar-refractivity contribution < 1.29 is 18.1 Å². The average Bonchev–Trinajstić information content (AvgIpc) is 2.89. The third-order valence-corrected chi connectivity index (χ3v) is 3.09. The molecule has 1 heterocycles. The van der Waals surface area contributed by atoms with E-state index in [1.165, 1.54) is 0 Å². The molecule has 0 atom stereocenters. The Balaban J connectivity index is 2.22. The fourth-order valence-corrected chi connectivity index (χ4v) is 1.79. The highest BCUT2D eigenvalue weighted by molar-refractivity contribution is 5.82. The van der Waals surface area contributed by atoms with Gasteiger partial charge in [0.15, 0.2) is 5.82 Å². The number of hydrogen-bond donors (Lipinski definition) is 0. The Morgan fingerprint density at radius 1 is 1.30 bits per heavy atom. The van der Waals surface area contributed by atoms with Crippen LogP contribution in [0.25, 0.3) is 0 Å². The van der Waals surface area contributed by atoms with E-state index in [-0.39, 0.29) is 5.89 Å². The summed E-state index contributed by atoms with van der Waals surface area (Å²) in [5, 5.41) is 3.79. The van der Waals surface area contributed by atoms with Crippen molar-refractivity contribution in [2.45, 2.75) is 32.1 Å². The summed E-state index contributed by atoms with van der Waals surface area (Å²) in [5.74, 6) is -0.951. The molecule has 6 heteroatoms. The first-order chi connectivity index (χ1) is 9.41. The molecule has 0 fully saturated rings. The number of aromatic nitrogens is 2. The van der Waals surface area contributed by atoms with Gasteiger partial charge in [-0.3, -0.25) is 4.79 Å². The molecule has 0 aliphatic heterocycles. The number of Topliss-reactive ketones (excluding diaryl/α,β-unsaturated/α-hetero) is 1. The van der Waals surface area contributed by atoms with Crippen molar-refractivity contribution >= 4 is 5.78 Å². The fraction of sp³-hybridized carbons (Fsp3) is 0.357. The van der Waals surface area contributed by atoms with Gasteiger partial charge in [-0.1, -0.05) is 35.5 Å². The molecule has 0 aliphatic carbocycles. The number of carbonyl (C=O) groups is 1. The van der Waals surface area contributed by atoms with E-state index in [4.69, 9.17) is 4.52 Å². The number of alkyl halides is 2. The predicted molar refractivity (Wildman–Crippen MR) is 67.6 cm³/mol. The first-order valence-electron chi connectivity index (χ1n) is 6.10. The molecular formula is C14H14F2N2O2. The lowest BCUT2D eigenvalue weighted by Gasteiger charge is -2.20. The molecule has 20 heavy (non-hydrogen) atoms. The number of nitrogens with zero attached hydrogens (tertiary/aromatic N) is 2. The summed E-state index contributed by atoms with van der Waals surface area (Å²) < 4.78 is 29.2. The third kappa shape index (κ3) is 2.89. The number of ketones is 1. The van der Waals surface area contributed by atoms with Gasteiger partial charge in [0.1, 0.15) is 0 Å². The van der Waals surface area contributed by atoms with E-state index < -0.39 is 24.0 Å². The zero-order valence-corrected chi connectivity index (χ0v) is 11.1. The lowest BCUT2D eigenvalue weighted by atomic mass is 9.84. The van der Waals surface area contributed by atoms with Crippen LogP contribution in [0, 0.1) is 0 Å². The second kappa shape index (κ2) is 5.48. The molecule has 106 valence electrons. The number of halogens is 2. The fourth-order valence-electron chi connectivity index (χ4n) is 1.79. The van der Waals surface area contributed by atoms with Gasteiger partial charge in [0.2, 0.25) is 11.7 Å². The Bertz CT molecular complexity index is 594. The highest BCUT2D eigenvalue weighted by Gasteiger charge is 2.29. The molecule has 0 aliphatic rings. The first-order valence-corrected chi connectivity index (χ1v) is 6.10. The number of rotatable bonds is 5. The van der Waals surface area contributed by atoms with Crippen LogP contribution >= 0.6 is 0 Å². The Kier molecular flexibility index (Phi) is 3.92. The first kappa shape index (κ1) is 14.3. The lowest BCUT2D eigenvalue weighted by molar-refractivity contribution is -0.129. The zero-order valence-electron chi connectivity index (χ0n) is 11.1. The molecule has 4 nitrogen and oxygen atoms in total. The highest BCUT2D eigenvalue weighted by atomic mass is 19.3. The molecule has 0 N–H and O–H groups in total. The van der Waals surface area contributed by atoms with Crippen LogP contribution in [0.4, 0.5) is 8.78 Å². The molecular weight excluding hydrogens is 266 g/mol. The van der Waals surface area contributed by atoms with E-state index in [0.29, 0.717) is 5.82 Å². The van der Waals surface area contributed by atoms with Crippen LogP contribution in [0.2, 0.25) is 0 Å². The second-order valence-electron chi connectivity index (χ2n) is 4.95. The Hall–Kier alpha value is -2.11. The summed E-state index contributed by atoms with van der Waals surface area (Å²) in [7, 11) is 0. The average molecular weight is 280 g/mol. The quantitative estimate of drug-likeness (QED) is 0.845. The Morgan fingerprint density at radius 3 is 2.55 bits per heavy atom. The van der Waals surface area contributed by atoms with Crippen molar-refractivity contribution in [3.63, 3.8) is 0 Å². The van der Waals surface area contributed by atoms with E-state index in [1.807, 2.05) is 44.2 Å². The topological polar surface area (TPSA) is 56.0 Å². The molecule has 2 aromatic rings. The van der Waals surface area contributed by atoms with Crippen LogP contribution in [0.1, 0.15) is 31.1 Å². The second-order valence-corrected chi connectivity index (χ2v) is 4.95. The van der Waals surface area contributed by atoms with Crippen LogP contribution in [0.15, 0.2) is 34.9 Å². The molecule has 0 unspecified atom stereocenters. The molecule has 0 bridgehead atoms. The zero-order chi connectivity index (χ0) is 14.8. The molecule has 2 rings (SSSR count). The van der Waals surface area contributed by atoms with Gasteiger partial charge in [-0.2, -0.15) is 4.98 Å².